The van der Waals surface area contributed by atoms with E-state index in [4.69, 9.17) is 0 Å². The number of hydrogen-bond acceptors (Lipinski definition) is 4. The first-order valence-corrected chi connectivity index (χ1v) is 7.26. The Morgan fingerprint density at radius 1 is 1.18 bits per heavy atom. The molecule has 0 aliphatic heterocycles. The lowest BCUT2D eigenvalue weighted by Gasteiger charge is -2.12. The van der Waals surface area contributed by atoms with Crippen LogP contribution < -0.4 is 5.32 Å². The van der Waals surface area contributed by atoms with Gasteiger partial charge in [0.1, 0.15) is 10.0 Å². The van der Waals surface area contributed by atoms with Crippen molar-refractivity contribution in [2.75, 3.05) is 0 Å². The van der Waals surface area contributed by atoms with Crippen molar-refractivity contribution in [3.05, 3.63) is 45.2 Å². The highest BCUT2D eigenvalue weighted by Crippen LogP contribution is 2.25. The second kappa shape index (κ2) is 6.04. The van der Waals surface area contributed by atoms with Crippen LogP contribution >= 0.6 is 11.3 Å². The monoisotopic (exact) mass is 329 g/mol. The number of nitrogens with zero attached hydrogens (tertiary/aromatic N) is 2. The molecular weight excluding hydrogens is 315 g/mol. The number of aromatic nitrogens is 2. The zero-order valence-corrected chi connectivity index (χ0v) is 13.0. The lowest BCUT2D eigenvalue weighted by molar-refractivity contribution is 0.0945. The number of hydrogen-bond donors (Lipinski definition) is 1. The van der Waals surface area contributed by atoms with Gasteiger partial charge in [-0.05, 0) is 12.1 Å². The molecule has 0 aliphatic carbocycles. The van der Waals surface area contributed by atoms with E-state index in [1.807, 2.05) is 20.8 Å². The number of amides is 1. The number of benzene rings is 1. The second-order valence-electron chi connectivity index (χ2n) is 5.66. The molecular formula is C14H14F3N3OS. The predicted molar refractivity (Wildman–Crippen MR) is 76.1 cm³/mol. The van der Waals surface area contributed by atoms with Gasteiger partial charge in [0.25, 0.3) is 5.91 Å². The third kappa shape index (κ3) is 3.44. The molecule has 0 saturated carbocycles. The molecule has 1 aromatic carbocycles. The SMILES string of the molecule is CC(C)(C)c1nnc(CNC(=O)c2ccc(F)c(F)c2F)s1. The van der Waals surface area contributed by atoms with Crippen molar-refractivity contribution in [1.29, 1.82) is 0 Å². The molecule has 118 valence electrons. The van der Waals surface area contributed by atoms with Crippen LogP contribution in [-0.2, 0) is 12.0 Å². The van der Waals surface area contributed by atoms with Gasteiger partial charge in [-0.1, -0.05) is 32.1 Å². The van der Waals surface area contributed by atoms with E-state index in [-0.39, 0.29) is 12.0 Å². The Labute approximate surface area is 129 Å². The van der Waals surface area contributed by atoms with Crippen LogP contribution in [0.2, 0.25) is 0 Å². The van der Waals surface area contributed by atoms with E-state index in [1.54, 1.807) is 0 Å². The molecule has 2 rings (SSSR count). The summed E-state index contributed by atoms with van der Waals surface area (Å²) in [5, 5.41) is 11.7. The Bertz CT molecular complexity index is 710. The van der Waals surface area contributed by atoms with Crippen molar-refractivity contribution in [1.82, 2.24) is 15.5 Å². The smallest absolute Gasteiger partial charge is 0.254 e. The van der Waals surface area contributed by atoms with E-state index >= 15 is 0 Å². The van der Waals surface area contributed by atoms with E-state index in [1.165, 1.54) is 11.3 Å². The first-order valence-electron chi connectivity index (χ1n) is 6.44. The standard InChI is InChI=1S/C14H14F3N3OS/c1-14(2,3)13-20-19-9(22-13)6-18-12(21)7-4-5-8(15)11(17)10(7)16/h4-5H,6H2,1-3H3,(H,18,21). The molecule has 1 amide bonds. The van der Waals surface area contributed by atoms with Crippen molar-refractivity contribution >= 4 is 17.2 Å². The Morgan fingerprint density at radius 3 is 2.45 bits per heavy atom. The largest absolute Gasteiger partial charge is 0.345 e. The third-order valence-electron chi connectivity index (χ3n) is 2.79. The summed E-state index contributed by atoms with van der Waals surface area (Å²) in [4.78, 5) is 11.8. The molecule has 0 spiro atoms. The molecule has 1 N–H and O–H groups in total. The highest BCUT2D eigenvalue weighted by molar-refractivity contribution is 7.11. The van der Waals surface area contributed by atoms with E-state index < -0.39 is 28.9 Å². The molecule has 0 aliphatic rings. The summed E-state index contributed by atoms with van der Waals surface area (Å²) < 4.78 is 39.4. The first-order chi connectivity index (χ1) is 10.2. The summed E-state index contributed by atoms with van der Waals surface area (Å²) in [6, 6.07) is 1.60. The minimum atomic E-state index is -1.67. The molecule has 8 heteroatoms. The predicted octanol–water partition coefficient (Wildman–Crippen LogP) is 3.18. The van der Waals surface area contributed by atoms with Gasteiger partial charge in [-0.25, -0.2) is 13.2 Å². The fourth-order valence-electron chi connectivity index (χ4n) is 1.58. The van der Waals surface area contributed by atoms with Crippen LogP contribution in [0.4, 0.5) is 13.2 Å². The van der Waals surface area contributed by atoms with Crippen molar-refractivity contribution < 1.29 is 18.0 Å². The van der Waals surface area contributed by atoms with Gasteiger partial charge in [0, 0.05) is 5.41 Å². The van der Waals surface area contributed by atoms with Gasteiger partial charge in [-0.3, -0.25) is 4.79 Å². The molecule has 1 heterocycles. The van der Waals surface area contributed by atoms with E-state index in [2.05, 4.69) is 15.5 Å². The zero-order valence-electron chi connectivity index (χ0n) is 12.2. The minimum Gasteiger partial charge on any atom is -0.345 e. The Hall–Kier alpha value is -1.96. The summed E-state index contributed by atoms with van der Waals surface area (Å²) >= 11 is 1.32. The van der Waals surface area contributed by atoms with Crippen LogP contribution in [0.5, 0.6) is 0 Å². The first kappa shape index (κ1) is 16.4. The number of carbonyl (C=O) groups is 1. The Morgan fingerprint density at radius 2 is 1.86 bits per heavy atom. The van der Waals surface area contributed by atoms with Gasteiger partial charge < -0.3 is 5.32 Å². The third-order valence-corrected chi connectivity index (χ3v) is 4.14. The van der Waals surface area contributed by atoms with Crippen molar-refractivity contribution in [2.45, 2.75) is 32.7 Å². The van der Waals surface area contributed by atoms with E-state index in [9.17, 15) is 18.0 Å². The molecule has 0 saturated heterocycles. The maximum Gasteiger partial charge on any atom is 0.254 e. The van der Waals surface area contributed by atoms with Crippen LogP contribution in [0.25, 0.3) is 0 Å². The number of carbonyl (C=O) groups excluding carboxylic acids is 1. The molecule has 2 aromatic rings. The maximum absolute atomic E-state index is 13.5. The van der Waals surface area contributed by atoms with Gasteiger partial charge in [-0.2, -0.15) is 0 Å². The van der Waals surface area contributed by atoms with Crippen LogP contribution in [-0.4, -0.2) is 16.1 Å². The lowest BCUT2D eigenvalue weighted by Crippen LogP contribution is -2.24. The molecule has 0 bridgehead atoms. The number of halogens is 3. The second-order valence-corrected chi connectivity index (χ2v) is 6.72. The highest BCUT2D eigenvalue weighted by Gasteiger charge is 2.21. The Kier molecular flexibility index (Phi) is 4.50. The highest BCUT2D eigenvalue weighted by atomic mass is 32.1. The van der Waals surface area contributed by atoms with Gasteiger partial charge in [-0.15, -0.1) is 10.2 Å². The Balaban J connectivity index is 2.08. The van der Waals surface area contributed by atoms with Gasteiger partial charge in [0.05, 0.1) is 12.1 Å². The van der Waals surface area contributed by atoms with Crippen LogP contribution in [0.3, 0.4) is 0 Å². The minimum absolute atomic E-state index is 0.0328. The fourth-order valence-corrected chi connectivity index (χ4v) is 2.42. The topological polar surface area (TPSA) is 54.9 Å². The fraction of sp³-hybridized carbons (Fsp3) is 0.357. The summed E-state index contributed by atoms with van der Waals surface area (Å²) in [5.41, 5.74) is -0.717. The molecule has 0 fully saturated rings. The van der Waals surface area contributed by atoms with Gasteiger partial charge >= 0.3 is 0 Å². The average molecular weight is 329 g/mol. The average Bonchev–Trinajstić information content (AvgIpc) is 2.91. The van der Waals surface area contributed by atoms with Crippen molar-refractivity contribution in [3.8, 4) is 0 Å². The van der Waals surface area contributed by atoms with Crippen molar-refractivity contribution in [2.24, 2.45) is 0 Å². The summed E-state index contributed by atoms with van der Waals surface area (Å²) in [7, 11) is 0. The molecule has 0 unspecified atom stereocenters. The normalized spacial score (nSPS) is 11.5. The summed E-state index contributed by atoms with van der Waals surface area (Å²) in [6.45, 7) is 5.97. The van der Waals surface area contributed by atoms with Crippen LogP contribution in [0.15, 0.2) is 12.1 Å². The molecule has 0 atom stereocenters. The maximum atomic E-state index is 13.5. The van der Waals surface area contributed by atoms with Gasteiger partial charge in [0.15, 0.2) is 17.5 Å². The number of rotatable bonds is 3. The zero-order chi connectivity index (χ0) is 16.5. The lowest BCUT2D eigenvalue weighted by atomic mass is 9.98. The van der Waals surface area contributed by atoms with Crippen LogP contribution in [0, 0.1) is 17.5 Å². The molecule has 22 heavy (non-hydrogen) atoms. The van der Waals surface area contributed by atoms with E-state index in [0.29, 0.717) is 11.1 Å². The quantitative estimate of drug-likeness (QED) is 0.880. The number of nitrogens with one attached hydrogen (secondary N) is 1. The summed E-state index contributed by atoms with van der Waals surface area (Å²) in [6.07, 6.45) is 0. The van der Waals surface area contributed by atoms with E-state index in [0.717, 1.165) is 11.1 Å². The van der Waals surface area contributed by atoms with Gasteiger partial charge in [0.2, 0.25) is 0 Å². The van der Waals surface area contributed by atoms with Crippen LogP contribution in [0.1, 0.15) is 41.1 Å². The summed E-state index contributed by atoms with van der Waals surface area (Å²) in [5.74, 6) is -5.36. The molecule has 4 nitrogen and oxygen atoms in total. The molecule has 1 aromatic heterocycles. The van der Waals surface area contributed by atoms with Crippen molar-refractivity contribution in [3.63, 3.8) is 0 Å². The molecule has 0 radical (unpaired) electrons.